The molecule has 1 N–H and O–H groups in total. The molecule has 0 spiro atoms. The van der Waals surface area contributed by atoms with Crippen LogP contribution in [0.4, 0.5) is 5.69 Å². The minimum absolute atomic E-state index is 0.191. The zero-order chi connectivity index (χ0) is 15.3. The topological polar surface area (TPSA) is 55.4 Å². The summed E-state index contributed by atoms with van der Waals surface area (Å²) in [6.07, 6.45) is 1.63. The van der Waals surface area contributed by atoms with Crippen LogP contribution in [0.5, 0.6) is 5.75 Å². The molecule has 0 saturated heterocycles. The maximum atomic E-state index is 12.3. The van der Waals surface area contributed by atoms with Crippen LogP contribution in [0.25, 0.3) is 0 Å². The van der Waals surface area contributed by atoms with Gasteiger partial charge in [0.15, 0.2) is 0 Å². The fourth-order valence-electron chi connectivity index (χ4n) is 1.76. The standard InChI is InChI=1S/C16H17NO3S/c1-3-12-20-14-8-10-15(11-9-14)21(18,19)17-16-7-5-4-6-13(16)2/h3-11,17H,1,12H2,2H3. The number of aryl methyl sites for hydroxylation is 1. The van der Waals surface area contributed by atoms with Gasteiger partial charge in [0.2, 0.25) is 0 Å². The van der Waals surface area contributed by atoms with Gasteiger partial charge in [-0.15, -0.1) is 0 Å². The van der Waals surface area contributed by atoms with Gasteiger partial charge in [0.05, 0.1) is 10.6 Å². The molecule has 5 heteroatoms. The fourth-order valence-corrected chi connectivity index (χ4v) is 2.89. The van der Waals surface area contributed by atoms with Crippen LogP contribution < -0.4 is 9.46 Å². The van der Waals surface area contributed by atoms with E-state index in [-0.39, 0.29) is 4.90 Å². The van der Waals surface area contributed by atoms with Gasteiger partial charge in [0, 0.05) is 0 Å². The Labute approximate surface area is 125 Å². The lowest BCUT2D eigenvalue weighted by atomic mass is 10.2. The molecule has 0 aromatic heterocycles. The minimum Gasteiger partial charge on any atom is -0.490 e. The number of para-hydroxylation sites is 1. The Hall–Kier alpha value is -2.27. The molecular formula is C16H17NO3S. The van der Waals surface area contributed by atoms with Crippen LogP contribution in [0.15, 0.2) is 66.1 Å². The molecule has 2 aromatic carbocycles. The van der Waals surface area contributed by atoms with E-state index in [4.69, 9.17) is 4.74 Å². The Morgan fingerprint density at radius 3 is 2.43 bits per heavy atom. The predicted molar refractivity (Wildman–Crippen MR) is 84.1 cm³/mol. The average molecular weight is 303 g/mol. The third kappa shape index (κ3) is 3.86. The lowest BCUT2D eigenvalue weighted by molar-refractivity contribution is 0.363. The second kappa shape index (κ2) is 6.45. The highest BCUT2D eigenvalue weighted by Gasteiger charge is 2.14. The number of anilines is 1. The summed E-state index contributed by atoms with van der Waals surface area (Å²) in [6, 6.07) is 13.5. The van der Waals surface area contributed by atoms with Crippen LogP contribution in [0.3, 0.4) is 0 Å². The first kappa shape index (κ1) is 15.1. The molecular weight excluding hydrogens is 286 g/mol. The number of ether oxygens (including phenoxy) is 1. The summed E-state index contributed by atoms with van der Waals surface area (Å²) in [5, 5.41) is 0. The lowest BCUT2D eigenvalue weighted by Crippen LogP contribution is -2.13. The van der Waals surface area contributed by atoms with Gasteiger partial charge in [-0.3, -0.25) is 4.72 Å². The summed E-state index contributed by atoms with van der Waals surface area (Å²) in [7, 11) is -3.60. The first-order valence-electron chi connectivity index (χ1n) is 6.45. The maximum absolute atomic E-state index is 12.3. The summed E-state index contributed by atoms with van der Waals surface area (Å²) in [5.74, 6) is 0.602. The SMILES string of the molecule is C=CCOc1ccc(S(=O)(=O)Nc2ccccc2C)cc1. The third-order valence-electron chi connectivity index (χ3n) is 2.89. The molecule has 0 aliphatic rings. The predicted octanol–water partition coefficient (Wildman–Crippen LogP) is 3.36. The van der Waals surface area contributed by atoms with E-state index in [2.05, 4.69) is 11.3 Å². The quantitative estimate of drug-likeness (QED) is 0.833. The molecule has 0 unspecified atom stereocenters. The summed E-state index contributed by atoms with van der Waals surface area (Å²) in [6.45, 7) is 5.79. The van der Waals surface area contributed by atoms with E-state index >= 15 is 0 Å². The molecule has 21 heavy (non-hydrogen) atoms. The Morgan fingerprint density at radius 2 is 1.81 bits per heavy atom. The average Bonchev–Trinajstić information content (AvgIpc) is 2.48. The van der Waals surface area contributed by atoms with E-state index in [0.29, 0.717) is 18.0 Å². The molecule has 0 fully saturated rings. The number of sulfonamides is 1. The van der Waals surface area contributed by atoms with Crippen molar-refractivity contribution in [2.24, 2.45) is 0 Å². The van der Waals surface area contributed by atoms with Gasteiger partial charge >= 0.3 is 0 Å². The van der Waals surface area contributed by atoms with Gasteiger partial charge < -0.3 is 4.74 Å². The van der Waals surface area contributed by atoms with Crippen molar-refractivity contribution in [1.29, 1.82) is 0 Å². The zero-order valence-corrected chi connectivity index (χ0v) is 12.6. The number of benzene rings is 2. The van der Waals surface area contributed by atoms with Crippen LogP contribution in [0.2, 0.25) is 0 Å². The highest BCUT2D eigenvalue weighted by molar-refractivity contribution is 7.92. The van der Waals surface area contributed by atoms with Gasteiger partial charge in [-0.25, -0.2) is 8.42 Å². The number of nitrogens with one attached hydrogen (secondary N) is 1. The maximum Gasteiger partial charge on any atom is 0.261 e. The van der Waals surface area contributed by atoms with Crippen molar-refractivity contribution in [2.75, 3.05) is 11.3 Å². The van der Waals surface area contributed by atoms with Crippen molar-refractivity contribution in [3.8, 4) is 5.75 Å². The molecule has 0 amide bonds. The van der Waals surface area contributed by atoms with Gasteiger partial charge in [-0.2, -0.15) is 0 Å². The second-order valence-corrected chi connectivity index (χ2v) is 6.17. The molecule has 0 radical (unpaired) electrons. The van der Waals surface area contributed by atoms with E-state index < -0.39 is 10.0 Å². The van der Waals surface area contributed by atoms with E-state index in [1.807, 2.05) is 19.1 Å². The van der Waals surface area contributed by atoms with Crippen molar-refractivity contribution in [3.63, 3.8) is 0 Å². The molecule has 2 aromatic rings. The van der Waals surface area contributed by atoms with E-state index in [0.717, 1.165) is 5.56 Å². The molecule has 0 aliphatic carbocycles. The Morgan fingerprint density at radius 1 is 1.14 bits per heavy atom. The molecule has 0 heterocycles. The number of hydrogen-bond acceptors (Lipinski definition) is 3. The smallest absolute Gasteiger partial charge is 0.261 e. The van der Waals surface area contributed by atoms with Gasteiger partial charge in [0.1, 0.15) is 12.4 Å². The van der Waals surface area contributed by atoms with Crippen LogP contribution in [0, 0.1) is 6.92 Å². The van der Waals surface area contributed by atoms with E-state index in [1.165, 1.54) is 12.1 Å². The van der Waals surface area contributed by atoms with Crippen LogP contribution >= 0.6 is 0 Å². The van der Waals surface area contributed by atoms with E-state index in [9.17, 15) is 8.42 Å². The van der Waals surface area contributed by atoms with Crippen molar-refractivity contribution in [1.82, 2.24) is 0 Å². The summed E-state index contributed by atoms with van der Waals surface area (Å²) in [5.41, 5.74) is 1.44. The zero-order valence-electron chi connectivity index (χ0n) is 11.7. The Balaban J connectivity index is 2.20. The number of rotatable bonds is 6. The summed E-state index contributed by atoms with van der Waals surface area (Å²) in [4.78, 5) is 0.191. The van der Waals surface area contributed by atoms with Crippen LogP contribution in [0.1, 0.15) is 5.56 Å². The molecule has 0 bridgehead atoms. The molecule has 0 atom stereocenters. The van der Waals surface area contributed by atoms with Crippen molar-refractivity contribution in [2.45, 2.75) is 11.8 Å². The fraction of sp³-hybridized carbons (Fsp3) is 0.125. The Bertz CT molecular complexity index is 721. The van der Waals surface area contributed by atoms with Crippen molar-refractivity contribution < 1.29 is 13.2 Å². The highest BCUT2D eigenvalue weighted by atomic mass is 32.2. The molecule has 2 rings (SSSR count). The lowest BCUT2D eigenvalue weighted by Gasteiger charge is -2.11. The normalized spacial score (nSPS) is 10.9. The largest absolute Gasteiger partial charge is 0.490 e. The monoisotopic (exact) mass is 303 g/mol. The van der Waals surface area contributed by atoms with Crippen molar-refractivity contribution in [3.05, 3.63) is 66.7 Å². The van der Waals surface area contributed by atoms with Gasteiger partial charge in [0.25, 0.3) is 10.0 Å². The van der Waals surface area contributed by atoms with Crippen LogP contribution in [-0.4, -0.2) is 15.0 Å². The highest BCUT2D eigenvalue weighted by Crippen LogP contribution is 2.21. The van der Waals surface area contributed by atoms with E-state index in [1.54, 1.807) is 30.3 Å². The third-order valence-corrected chi connectivity index (χ3v) is 4.27. The number of hydrogen-bond donors (Lipinski definition) is 1. The summed E-state index contributed by atoms with van der Waals surface area (Å²) < 4.78 is 32.5. The molecule has 4 nitrogen and oxygen atoms in total. The molecule has 0 aliphatic heterocycles. The van der Waals surface area contributed by atoms with Crippen molar-refractivity contribution >= 4 is 15.7 Å². The first-order valence-corrected chi connectivity index (χ1v) is 7.93. The molecule has 0 saturated carbocycles. The second-order valence-electron chi connectivity index (χ2n) is 4.49. The van der Waals surface area contributed by atoms with Gasteiger partial charge in [-0.1, -0.05) is 30.9 Å². The Kier molecular flexibility index (Phi) is 4.65. The van der Waals surface area contributed by atoms with Crippen LogP contribution in [-0.2, 0) is 10.0 Å². The summed E-state index contributed by atoms with van der Waals surface area (Å²) >= 11 is 0. The minimum atomic E-state index is -3.60. The van der Waals surface area contributed by atoms with Gasteiger partial charge in [-0.05, 0) is 42.8 Å². The molecule has 110 valence electrons. The first-order chi connectivity index (χ1) is 10.0.